The normalized spacial score (nSPS) is 30.8. The van der Waals surface area contributed by atoms with Crippen molar-refractivity contribution in [2.24, 2.45) is 5.92 Å². The summed E-state index contributed by atoms with van der Waals surface area (Å²) in [5, 5.41) is 3.66. The van der Waals surface area contributed by atoms with Gasteiger partial charge in [0.1, 0.15) is 5.75 Å². The third kappa shape index (κ3) is 2.38. The Kier molecular flexibility index (Phi) is 3.52. The summed E-state index contributed by atoms with van der Waals surface area (Å²) in [6.45, 7) is 4.90. The molecule has 2 aliphatic heterocycles. The van der Waals surface area contributed by atoms with Crippen molar-refractivity contribution in [1.29, 1.82) is 0 Å². The molecule has 3 atom stereocenters. The van der Waals surface area contributed by atoms with Gasteiger partial charge in [0.05, 0.1) is 12.7 Å². The number of hydrogen-bond donors (Lipinski definition) is 1. The lowest BCUT2D eigenvalue weighted by atomic mass is 9.92. The molecule has 0 amide bonds. The smallest absolute Gasteiger partial charge is 0.124 e. The number of rotatable bonds is 3. The minimum absolute atomic E-state index is 0.388. The summed E-state index contributed by atoms with van der Waals surface area (Å²) in [6.07, 6.45) is 2.78. The van der Waals surface area contributed by atoms with Crippen molar-refractivity contribution in [3.63, 3.8) is 0 Å². The highest BCUT2D eigenvalue weighted by Gasteiger charge is 2.28. The van der Waals surface area contributed by atoms with Crippen LogP contribution in [0, 0.1) is 5.92 Å². The van der Waals surface area contributed by atoms with Gasteiger partial charge in [-0.2, -0.15) is 0 Å². The average molecular weight is 247 g/mol. The topological polar surface area (TPSA) is 30.5 Å². The summed E-state index contributed by atoms with van der Waals surface area (Å²) in [6, 6.07) is 8.73. The first-order chi connectivity index (χ1) is 8.84. The molecule has 1 aromatic rings. The van der Waals surface area contributed by atoms with Crippen molar-refractivity contribution in [2.75, 3.05) is 19.8 Å². The summed E-state index contributed by atoms with van der Waals surface area (Å²) < 4.78 is 11.4. The van der Waals surface area contributed by atoms with Gasteiger partial charge in [0.15, 0.2) is 0 Å². The van der Waals surface area contributed by atoms with Crippen molar-refractivity contribution < 1.29 is 9.47 Å². The van der Waals surface area contributed by atoms with Gasteiger partial charge >= 0.3 is 0 Å². The highest BCUT2D eigenvalue weighted by Crippen LogP contribution is 2.35. The molecule has 3 nitrogen and oxygen atoms in total. The van der Waals surface area contributed by atoms with Crippen LogP contribution in [0.5, 0.6) is 5.75 Å². The Balaban J connectivity index is 1.69. The van der Waals surface area contributed by atoms with Gasteiger partial charge in [-0.05, 0) is 18.9 Å². The van der Waals surface area contributed by atoms with Crippen molar-refractivity contribution >= 4 is 0 Å². The molecule has 1 saturated heterocycles. The Morgan fingerprint density at radius 3 is 3.06 bits per heavy atom. The highest BCUT2D eigenvalue weighted by atomic mass is 16.5. The van der Waals surface area contributed by atoms with Gasteiger partial charge in [-0.15, -0.1) is 0 Å². The number of hydrogen-bond acceptors (Lipinski definition) is 3. The fraction of sp³-hybridized carbons (Fsp3) is 0.600. The summed E-state index contributed by atoms with van der Waals surface area (Å²) >= 11 is 0. The average Bonchev–Trinajstić information content (AvgIpc) is 2.91. The fourth-order valence-corrected chi connectivity index (χ4v) is 2.87. The molecule has 2 heterocycles. The Hall–Kier alpha value is -1.06. The van der Waals surface area contributed by atoms with Crippen LogP contribution < -0.4 is 10.1 Å². The molecule has 18 heavy (non-hydrogen) atoms. The molecule has 3 unspecified atom stereocenters. The van der Waals surface area contributed by atoms with Gasteiger partial charge in [0, 0.05) is 30.7 Å². The maximum absolute atomic E-state index is 5.77. The van der Waals surface area contributed by atoms with Gasteiger partial charge in [0.25, 0.3) is 0 Å². The van der Waals surface area contributed by atoms with Crippen LogP contribution in [-0.2, 0) is 4.74 Å². The van der Waals surface area contributed by atoms with Gasteiger partial charge in [-0.25, -0.2) is 0 Å². The first kappa shape index (κ1) is 12.0. The predicted molar refractivity (Wildman–Crippen MR) is 70.8 cm³/mol. The quantitative estimate of drug-likeness (QED) is 0.890. The minimum Gasteiger partial charge on any atom is -0.493 e. The first-order valence-electron chi connectivity index (χ1n) is 6.91. The standard InChI is InChI=1S/C15H21NO2/c1-11-10-18-14-7-3-2-6-13(14)15(11)16-9-12-5-4-8-17-12/h2-3,6-7,11-12,15-16H,4-5,8-10H2,1H3. The van der Waals surface area contributed by atoms with E-state index in [1.54, 1.807) is 0 Å². The SMILES string of the molecule is CC1COc2ccccc2C1NCC1CCCO1. The van der Waals surface area contributed by atoms with E-state index in [0.717, 1.165) is 25.5 Å². The molecule has 0 spiro atoms. The molecule has 0 bridgehead atoms. The van der Waals surface area contributed by atoms with Gasteiger partial charge in [-0.3, -0.25) is 0 Å². The monoisotopic (exact) mass is 247 g/mol. The maximum Gasteiger partial charge on any atom is 0.124 e. The fourth-order valence-electron chi connectivity index (χ4n) is 2.87. The van der Waals surface area contributed by atoms with E-state index >= 15 is 0 Å². The third-order valence-corrected chi connectivity index (χ3v) is 3.91. The number of para-hydroxylation sites is 1. The van der Waals surface area contributed by atoms with E-state index in [-0.39, 0.29) is 0 Å². The van der Waals surface area contributed by atoms with E-state index in [4.69, 9.17) is 9.47 Å². The van der Waals surface area contributed by atoms with Crippen LogP contribution in [0.25, 0.3) is 0 Å². The second-order valence-corrected chi connectivity index (χ2v) is 5.35. The van der Waals surface area contributed by atoms with Crippen LogP contribution in [0.15, 0.2) is 24.3 Å². The molecule has 0 aromatic heterocycles. The second-order valence-electron chi connectivity index (χ2n) is 5.35. The molecule has 0 saturated carbocycles. The van der Waals surface area contributed by atoms with Crippen LogP contribution in [-0.4, -0.2) is 25.9 Å². The van der Waals surface area contributed by atoms with E-state index in [1.165, 1.54) is 18.4 Å². The Morgan fingerprint density at radius 2 is 2.22 bits per heavy atom. The second kappa shape index (κ2) is 5.29. The molecule has 0 aliphatic carbocycles. The summed E-state index contributed by atoms with van der Waals surface area (Å²) in [7, 11) is 0. The molecule has 1 fully saturated rings. The van der Waals surface area contributed by atoms with Crippen LogP contribution in [0.1, 0.15) is 31.4 Å². The van der Waals surface area contributed by atoms with Crippen molar-refractivity contribution in [2.45, 2.75) is 31.9 Å². The minimum atomic E-state index is 0.388. The molecule has 98 valence electrons. The predicted octanol–water partition coefficient (Wildman–Crippen LogP) is 2.52. The Morgan fingerprint density at radius 1 is 1.33 bits per heavy atom. The highest BCUT2D eigenvalue weighted by molar-refractivity contribution is 5.37. The maximum atomic E-state index is 5.77. The van der Waals surface area contributed by atoms with Crippen molar-refractivity contribution in [1.82, 2.24) is 5.32 Å². The van der Waals surface area contributed by atoms with Crippen LogP contribution in [0.3, 0.4) is 0 Å². The first-order valence-corrected chi connectivity index (χ1v) is 6.91. The third-order valence-electron chi connectivity index (χ3n) is 3.91. The molecule has 0 radical (unpaired) electrons. The molecule has 3 rings (SSSR count). The Labute approximate surface area is 108 Å². The summed E-state index contributed by atoms with van der Waals surface area (Å²) in [5.74, 6) is 1.53. The summed E-state index contributed by atoms with van der Waals surface area (Å²) in [4.78, 5) is 0. The molecule has 2 aliphatic rings. The molecule has 3 heteroatoms. The number of nitrogens with one attached hydrogen (secondary N) is 1. The molecular formula is C15H21NO2. The Bertz CT molecular complexity index is 401. The van der Waals surface area contributed by atoms with E-state index in [2.05, 4.69) is 30.4 Å². The van der Waals surface area contributed by atoms with Crippen LogP contribution >= 0.6 is 0 Å². The lowest BCUT2D eigenvalue weighted by Crippen LogP contribution is -2.37. The largest absolute Gasteiger partial charge is 0.493 e. The number of ether oxygens (including phenoxy) is 2. The lowest BCUT2D eigenvalue weighted by molar-refractivity contribution is 0.0997. The van der Waals surface area contributed by atoms with E-state index < -0.39 is 0 Å². The number of fused-ring (bicyclic) bond motifs is 1. The summed E-state index contributed by atoms with van der Waals surface area (Å²) in [5.41, 5.74) is 1.29. The van der Waals surface area contributed by atoms with Gasteiger partial charge < -0.3 is 14.8 Å². The molecule has 1 N–H and O–H groups in total. The van der Waals surface area contributed by atoms with Gasteiger partial charge in [0.2, 0.25) is 0 Å². The lowest BCUT2D eigenvalue weighted by Gasteiger charge is -2.32. The van der Waals surface area contributed by atoms with E-state index in [0.29, 0.717) is 18.1 Å². The van der Waals surface area contributed by atoms with Crippen LogP contribution in [0.4, 0.5) is 0 Å². The molecule has 1 aromatic carbocycles. The number of benzene rings is 1. The zero-order chi connectivity index (χ0) is 12.4. The van der Waals surface area contributed by atoms with Crippen molar-refractivity contribution in [3.05, 3.63) is 29.8 Å². The van der Waals surface area contributed by atoms with Gasteiger partial charge in [-0.1, -0.05) is 25.1 Å². The van der Waals surface area contributed by atoms with E-state index in [1.807, 2.05) is 6.07 Å². The zero-order valence-corrected chi connectivity index (χ0v) is 10.9. The van der Waals surface area contributed by atoms with Crippen molar-refractivity contribution in [3.8, 4) is 5.75 Å². The molecular weight excluding hydrogens is 226 g/mol. The van der Waals surface area contributed by atoms with Crippen LogP contribution in [0.2, 0.25) is 0 Å². The van der Waals surface area contributed by atoms with E-state index in [9.17, 15) is 0 Å². The zero-order valence-electron chi connectivity index (χ0n) is 10.9.